The lowest BCUT2D eigenvalue weighted by atomic mass is 10.3. The maximum atomic E-state index is 12.4. The fourth-order valence-corrected chi connectivity index (χ4v) is 2.64. The molecule has 0 radical (unpaired) electrons. The van der Waals surface area contributed by atoms with Crippen LogP contribution in [0.1, 0.15) is 26.2 Å². The fraction of sp³-hybridized carbons (Fsp3) is 0.933. The van der Waals surface area contributed by atoms with E-state index in [9.17, 15) is 13.2 Å². The molecule has 5 nitrogen and oxygen atoms in total. The first kappa shape index (κ1) is 20.0. The zero-order valence-corrected chi connectivity index (χ0v) is 14.4. The van der Waals surface area contributed by atoms with Crippen molar-refractivity contribution < 1.29 is 13.2 Å². The molecule has 0 aromatic heterocycles. The molecule has 1 fully saturated rings. The molecule has 1 unspecified atom stereocenters. The number of hydrogen-bond acceptors (Lipinski definition) is 3. The molecule has 8 heteroatoms. The maximum Gasteiger partial charge on any atom is 0.401 e. The predicted molar refractivity (Wildman–Crippen MR) is 87.8 cm³/mol. The van der Waals surface area contributed by atoms with Gasteiger partial charge in [-0.05, 0) is 26.4 Å². The summed E-state index contributed by atoms with van der Waals surface area (Å²) in [6.07, 6.45) is -1.07. The van der Waals surface area contributed by atoms with Gasteiger partial charge in [-0.15, -0.1) is 0 Å². The van der Waals surface area contributed by atoms with E-state index < -0.39 is 12.7 Å². The normalized spacial score (nSPS) is 20.3. The molecule has 1 atom stereocenters. The topological polar surface area (TPSA) is 42.9 Å². The largest absolute Gasteiger partial charge is 0.401 e. The second-order valence-corrected chi connectivity index (χ2v) is 6.14. The second-order valence-electron chi connectivity index (χ2n) is 6.14. The highest BCUT2D eigenvalue weighted by Gasteiger charge is 2.34. The Morgan fingerprint density at radius 3 is 2.70 bits per heavy atom. The molecule has 1 aliphatic heterocycles. The zero-order chi connectivity index (χ0) is 17.3. The average Bonchev–Trinajstić information content (AvgIpc) is 2.88. The first-order valence-corrected chi connectivity index (χ1v) is 8.29. The van der Waals surface area contributed by atoms with Crippen LogP contribution in [0.25, 0.3) is 0 Å². The average molecular weight is 337 g/mol. The third-order valence-corrected chi connectivity index (χ3v) is 3.92. The lowest BCUT2D eigenvalue weighted by Crippen LogP contribution is -2.46. The summed E-state index contributed by atoms with van der Waals surface area (Å²) in [5, 5.41) is 6.43. The lowest BCUT2D eigenvalue weighted by Gasteiger charge is -2.21. The first-order chi connectivity index (χ1) is 10.8. The van der Waals surface area contributed by atoms with Gasteiger partial charge in [-0.3, -0.25) is 9.89 Å². The Morgan fingerprint density at radius 2 is 2.09 bits per heavy atom. The third kappa shape index (κ3) is 9.00. The summed E-state index contributed by atoms with van der Waals surface area (Å²) < 4.78 is 37.2. The highest BCUT2D eigenvalue weighted by molar-refractivity contribution is 5.80. The van der Waals surface area contributed by atoms with E-state index >= 15 is 0 Å². The van der Waals surface area contributed by atoms with E-state index in [1.54, 1.807) is 7.05 Å². The van der Waals surface area contributed by atoms with Gasteiger partial charge in [0.05, 0.1) is 6.54 Å². The van der Waals surface area contributed by atoms with Crippen LogP contribution < -0.4 is 10.6 Å². The highest BCUT2D eigenvalue weighted by Crippen LogP contribution is 2.19. The second kappa shape index (κ2) is 9.97. The summed E-state index contributed by atoms with van der Waals surface area (Å²) in [5.41, 5.74) is 0. The Morgan fingerprint density at radius 1 is 1.35 bits per heavy atom. The molecule has 0 amide bonds. The number of nitrogens with one attached hydrogen (secondary N) is 2. The maximum absolute atomic E-state index is 12.4. The minimum absolute atomic E-state index is 0.0152. The number of aliphatic imine (C=N–C) groups is 1. The van der Waals surface area contributed by atoms with Crippen molar-refractivity contribution in [1.82, 2.24) is 20.4 Å². The Bertz CT molecular complexity index is 360. The van der Waals surface area contributed by atoms with Gasteiger partial charge in [-0.2, -0.15) is 13.2 Å². The van der Waals surface area contributed by atoms with E-state index in [1.807, 2.05) is 0 Å². The van der Waals surface area contributed by atoms with E-state index in [0.29, 0.717) is 25.5 Å². The lowest BCUT2D eigenvalue weighted by molar-refractivity contribution is -0.143. The predicted octanol–water partition coefficient (Wildman–Crippen LogP) is 1.52. The van der Waals surface area contributed by atoms with Gasteiger partial charge < -0.3 is 15.5 Å². The first-order valence-electron chi connectivity index (χ1n) is 8.29. The number of alkyl halides is 3. The molecule has 0 saturated carbocycles. The Balaban J connectivity index is 2.24. The number of guanidine groups is 1. The van der Waals surface area contributed by atoms with Gasteiger partial charge in [0.25, 0.3) is 0 Å². The van der Waals surface area contributed by atoms with E-state index in [0.717, 1.165) is 19.6 Å². The molecule has 136 valence electrons. The number of unbranched alkanes of at least 4 members (excludes halogenated alkanes) is 1. The fourth-order valence-electron chi connectivity index (χ4n) is 2.64. The van der Waals surface area contributed by atoms with Gasteiger partial charge in [0.1, 0.15) is 0 Å². The molecule has 1 heterocycles. The van der Waals surface area contributed by atoms with E-state index in [2.05, 4.69) is 34.5 Å². The van der Waals surface area contributed by atoms with Crippen molar-refractivity contribution >= 4 is 5.96 Å². The minimum Gasteiger partial charge on any atom is -0.355 e. The van der Waals surface area contributed by atoms with Crippen LogP contribution in [0.3, 0.4) is 0 Å². The number of likely N-dealkylation sites (tertiary alicyclic amines) is 1. The molecule has 2 N–H and O–H groups in total. The minimum atomic E-state index is -4.13. The van der Waals surface area contributed by atoms with Gasteiger partial charge in [-0.25, -0.2) is 0 Å². The Hall–Kier alpha value is -1.02. The molecule has 0 aromatic carbocycles. The van der Waals surface area contributed by atoms with Gasteiger partial charge in [0.2, 0.25) is 0 Å². The highest BCUT2D eigenvalue weighted by atomic mass is 19.4. The quantitative estimate of drug-likeness (QED) is 0.521. The molecule has 0 spiro atoms. The van der Waals surface area contributed by atoms with Crippen molar-refractivity contribution in [2.45, 2.75) is 38.4 Å². The molecule has 1 aliphatic rings. The molecule has 1 rings (SSSR count). The Labute approximate surface area is 137 Å². The molecular formula is C15H30F3N5. The van der Waals surface area contributed by atoms with Crippen molar-refractivity contribution in [3.05, 3.63) is 0 Å². The van der Waals surface area contributed by atoms with Crippen LogP contribution in [-0.4, -0.2) is 81.3 Å². The number of rotatable bonds is 8. The van der Waals surface area contributed by atoms with Crippen molar-refractivity contribution in [3.63, 3.8) is 0 Å². The van der Waals surface area contributed by atoms with Crippen LogP contribution in [0.2, 0.25) is 0 Å². The molecular weight excluding hydrogens is 307 g/mol. The standard InChI is InChI=1S/C15H30F3N5/c1-4-5-8-22(3)10-7-20-14(19-2)21-13-6-9-23(11-13)12-15(16,17)18/h13H,4-12H2,1-3H3,(H2,19,20,21). The number of nitrogens with zero attached hydrogens (tertiary/aromatic N) is 3. The molecule has 0 aromatic rings. The summed E-state index contributed by atoms with van der Waals surface area (Å²) in [7, 11) is 3.76. The number of halogens is 3. The summed E-state index contributed by atoms with van der Waals surface area (Å²) >= 11 is 0. The van der Waals surface area contributed by atoms with Crippen LogP contribution in [0.5, 0.6) is 0 Å². The Kier molecular flexibility index (Phi) is 8.68. The molecule has 1 saturated heterocycles. The van der Waals surface area contributed by atoms with Crippen molar-refractivity contribution in [2.75, 3.05) is 53.4 Å². The summed E-state index contributed by atoms with van der Waals surface area (Å²) in [5.74, 6) is 0.660. The third-order valence-electron chi connectivity index (χ3n) is 3.92. The molecule has 23 heavy (non-hydrogen) atoms. The van der Waals surface area contributed by atoms with Crippen LogP contribution in [0, 0.1) is 0 Å². The number of hydrogen-bond donors (Lipinski definition) is 2. The summed E-state index contributed by atoms with van der Waals surface area (Å²) in [6, 6.07) is 0.0152. The van der Waals surface area contributed by atoms with Crippen molar-refractivity contribution in [1.29, 1.82) is 0 Å². The number of likely N-dealkylation sites (N-methyl/N-ethyl adjacent to an activating group) is 1. The smallest absolute Gasteiger partial charge is 0.355 e. The van der Waals surface area contributed by atoms with E-state index in [4.69, 9.17) is 0 Å². The molecule has 0 aliphatic carbocycles. The van der Waals surface area contributed by atoms with Gasteiger partial charge in [-0.1, -0.05) is 13.3 Å². The summed E-state index contributed by atoms with van der Waals surface area (Å²) in [4.78, 5) is 7.83. The van der Waals surface area contributed by atoms with Crippen molar-refractivity contribution in [3.8, 4) is 0 Å². The van der Waals surface area contributed by atoms with Gasteiger partial charge in [0, 0.05) is 39.3 Å². The van der Waals surface area contributed by atoms with Gasteiger partial charge >= 0.3 is 6.18 Å². The summed E-state index contributed by atoms with van der Waals surface area (Å²) in [6.45, 7) is 4.94. The van der Waals surface area contributed by atoms with Crippen LogP contribution >= 0.6 is 0 Å². The molecule has 0 bridgehead atoms. The van der Waals surface area contributed by atoms with Crippen molar-refractivity contribution in [2.24, 2.45) is 4.99 Å². The van der Waals surface area contributed by atoms with Crippen LogP contribution in [0.4, 0.5) is 13.2 Å². The zero-order valence-electron chi connectivity index (χ0n) is 14.4. The van der Waals surface area contributed by atoms with E-state index in [1.165, 1.54) is 17.7 Å². The van der Waals surface area contributed by atoms with Crippen LogP contribution in [0.15, 0.2) is 4.99 Å². The van der Waals surface area contributed by atoms with Crippen LogP contribution in [-0.2, 0) is 0 Å². The monoisotopic (exact) mass is 337 g/mol. The SMILES string of the molecule is CCCCN(C)CCNC(=NC)NC1CCN(CC(F)(F)F)C1. The van der Waals surface area contributed by atoms with E-state index in [-0.39, 0.29) is 6.04 Å². The van der Waals surface area contributed by atoms with Gasteiger partial charge in [0.15, 0.2) is 5.96 Å².